The zero-order valence-electron chi connectivity index (χ0n) is 32.5. The minimum atomic E-state index is -1.92. The number of allylic oxidation sites excluding steroid dienone is 1. The largest absolute Gasteiger partial charge is 0.512 e. The molecule has 59 heavy (non-hydrogen) atoms. The number of aliphatic hydroxyl groups excluding tert-OH is 1. The van der Waals surface area contributed by atoms with E-state index in [1.807, 2.05) is 9.80 Å². The maximum atomic E-state index is 15.5. The standard InChI is InChI=1S/C47H42N2O10/c1-58-36-18-16-24(21-33(36)51)38-30-13-7-19-48(30)47(44(56)28-11-5-6-12-29(28)45(47)57)41(38)35(53)23-34(52)39-31-14-8-20-49(31)46(40(39)25-15-17-32(50)37(22-25)59-2)42(54)26-9-3-4-10-27(26)43(46)55/h3-6,9-12,15-18,21-23,30-31,38-41,50-52H,7-8,13-14,19-20H2,1-2H3/b34-23-. The third-order valence-electron chi connectivity index (χ3n) is 14.3. The summed E-state index contributed by atoms with van der Waals surface area (Å²) in [6.07, 6.45) is 3.50. The number of carbonyl (C=O) groups is 5. The zero-order valence-corrected chi connectivity index (χ0v) is 32.5. The number of phenols is 2. The fourth-order valence-corrected chi connectivity index (χ4v) is 12.1. The van der Waals surface area contributed by atoms with E-state index in [0.29, 0.717) is 49.9 Å². The van der Waals surface area contributed by atoms with Gasteiger partial charge in [0.1, 0.15) is 5.76 Å². The van der Waals surface area contributed by atoms with E-state index in [2.05, 4.69) is 0 Å². The molecular formula is C47H42N2O10. The van der Waals surface area contributed by atoms with Crippen LogP contribution in [0.1, 0.15) is 90.1 Å². The first-order chi connectivity index (χ1) is 28.5. The molecule has 300 valence electrons. The summed E-state index contributed by atoms with van der Waals surface area (Å²) >= 11 is 0. The molecule has 10 rings (SSSR count). The van der Waals surface area contributed by atoms with E-state index < -0.39 is 75.7 Å². The van der Waals surface area contributed by atoms with Gasteiger partial charge in [-0.1, -0.05) is 60.7 Å². The molecule has 0 radical (unpaired) electrons. The molecule has 4 aliphatic heterocycles. The molecular weight excluding hydrogens is 753 g/mol. The number of hydrogen-bond donors (Lipinski definition) is 3. The summed E-state index contributed by atoms with van der Waals surface area (Å²) in [5.41, 5.74) is -1.71. The Hall–Kier alpha value is -6.11. The minimum absolute atomic E-state index is 0.107. The Labute approximate surface area is 339 Å². The fraction of sp³-hybridized carbons (Fsp3) is 0.340. The van der Waals surface area contributed by atoms with Gasteiger partial charge in [-0.05, 0) is 74.2 Å². The lowest BCUT2D eigenvalue weighted by molar-refractivity contribution is -0.120. The van der Waals surface area contributed by atoms with Crippen molar-refractivity contribution in [1.29, 1.82) is 0 Å². The van der Waals surface area contributed by atoms with Gasteiger partial charge in [0.2, 0.25) is 0 Å². The summed E-state index contributed by atoms with van der Waals surface area (Å²) in [7, 11) is 2.82. The number of nitrogens with zero attached hydrogens (tertiary/aromatic N) is 2. The van der Waals surface area contributed by atoms with Crippen LogP contribution in [0, 0.1) is 11.8 Å². The quantitative estimate of drug-likeness (QED) is 0.117. The predicted octanol–water partition coefficient (Wildman–Crippen LogP) is 5.82. The monoisotopic (exact) mass is 794 g/mol. The van der Waals surface area contributed by atoms with Crippen LogP contribution in [0.3, 0.4) is 0 Å². The van der Waals surface area contributed by atoms with Crippen LogP contribution in [-0.2, 0) is 4.79 Å². The summed E-state index contributed by atoms with van der Waals surface area (Å²) < 4.78 is 10.8. The Morgan fingerprint density at radius 3 is 1.75 bits per heavy atom. The van der Waals surface area contributed by atoms with Gasteiger partial charge in [0.05, 0.1) is 20.1 Å². The van der Waals surface area contributed by atoms with Crippen molar-refractivity contribution < 1.29 is 48.8 Å². The molecule has 0 saturated carbocycles. The fourth-order valence-electron chi connectivity index (χ4n) is 12.1. The molecule has 0 amide bonds. The van der Waals surface area contributed by atoms with Gasteiger partial charge in [0.25, 0.3) is 0 Å². The molecule has 4 heterocycles. The van der Waals surface area contributed by atoms with Crippen LogP contribution >= 0.6 is 0 Å². The maximum absolute atomic E-state index is 15.5. The summed E-state index contributed by atoms with van der Waals surface area (Å²) in [5.74, 6) is -6.90. The van der Waals surface area contributed by atoms with E-state index in [9.17, 15) is 34.5 Å². The number of Topliss-reactive ketones (excluding diaryl/α,β-unsaturated/α-hetero) is 4. The Morgan fingerprint density at radius 1 is 0.661 bits per heavy atom. The molecule has 6 atom stereocenters. The number of hydrogen-bond acceptors (Lipinski definition) is 12. The van der Waals surface area contributed by atoms with Crippen molar-refractivity contribution >= 4 is 28.9 Å². The van der Waals surface area contributed by atoms with Gasteiger partial charge in [-0.2, -0.15) is 0 Å². The highest BCUT2D eigenvalue weighted by atomic mass is 16.5. The Morgan fingerprint density at radius 2 is 1.19 bits per heavy atom. The van der Waals surface area contributed by atoms with Crippen molar-refractivity contribution in [3.05, 3.63) is 130 Å². The molecule has 4 fully saturated rings. The topological polar surface area (TPSA) is 171 Å². The van der Waals surface area contributed by atoms with Crippen LogP contribution < -0.4 is 9.47 Å². The highest BCUT2D eigenvalue weighted by Gasteiger charge is 2.73. The zero-order chi connectivity index (χ0) is 41.1. The number of carbonyl (C=O) groups excluding carboxylic acids is 5. The first-order valence-corrected chi connectivity index (χ1v) is 20.1. The van der Waals surface area contributed by atoms with Crippen LogP contribution in [0.25, 0.3) is 0 Å². The number of ketones is 5. The molecule has 6 aliphatic rings. The van der Waals surface area contributed by atoms with Crippen molar-refractivity contribution in [3.8, 4) is 23.0 Å². The predicted molar refractivity (Wildman–Crippen MR) is 213 cm³/mol. The molecule has 6 unspecified atom stereocenters. The molecule has 12 heteroatoms. The summed E-state index contributed by atoms with van der Waals surface area (Å²) in [6.45, 7) is 0.762. The average molecular weight is 795 g/mol. The summed E-state index contributed by atoms with van der Waals surface area (Å²) in [4.78, 5) is 78.9. The van der Waals surface area contributed by atoms with Crippen LogP contribution in [0.5, 0.6) is 23.0 Å². The minimum Gasteiger partial charge on any atom is -0.512 e. The second kappa shape index (κ2) is 13.2. The number of fused-ring (bicyclic) bond motifs is 6. The summed E-state index contributed by atoms with van der Waals surface area (Å²) in [6, 6.07) is 21.7. The number of benzene rings is 4. The lowest BCUT2D eigenvalue weighted by Crippen LogP contribution is -2.58. The third kappa shape index (κ3) is 4.69. The second-order valence-corrected chi connectivity index (χ2v) is 16.6. The number of methoxy groups -OCH3 is 2. The lowest BCUT2D eigenvalue weighted by atomic mass is 9.68. The van der Waals surface area contributed by atoms with Crippen LogP contribution in [0.2, 0.25) is 0 Å². The van der Waals surface area contributed by atoms with Crippen molar-refractivity contribution in [3.63, 3.8) is 0 Å². The number of aromatic hydroxyl groups is 2. The normalized spacial score (nSPS) is 27.7. The number of rotatable bonds is 7. The van der Waals surface area contributed by atoms with E-state index >= 15 is 4.79 Å². The van der Waals surface area contributed by atoms with Crippen LogP contribution in [-0.4, -0.2) is 105 Å². The average Bonchev–Trinajstić information content (AvgIpc) is 4.08. The molecule has 12 nitrogen and oxygen atoms in total. The molecule has 4 saturated heterocycles. The van der Waals surface area contributed by atoms with Gasteiger partial charge in [0.15, 0.2) is 63.0 Å². The second-order valence-electron chi connectivity index (χ2n) is 16.6. The Bertz CT molecular complexity index is 2490. The van der Waals surface area contributed by atoms with Crippen LogP contribution in [0.4, 0.5) is 0 Å². The van der Waals surface area contributed by atoms with Gasteiger partial charge in [0, 0.05) is 58.2 Å². The van der Waals surface area contributed by atoms with Gasteiger partial charge < -0.3 is 24.8 Å². The first-order valence-electron chi connectivity index (χ1n) is 20.1. The smallest absolute Gasteiger partial charge is 0.192 e. The first kappa shape index (κ1) is 37.2. The van der Waals surface area contributed by atoms with E-state index in [4.69, 9.17) is 9.47 Å². The maximum Gasteiger partial charge on any atom is 0.192 e. The van der Waals surface area contributed by atoms with Gasteiger partial charge >= 0.3 is 0 Å². The number of ether oxygens (including phenoxy) is 2. The van der Waals surface area contributed by atoms with Crippen molar-refractivity contribution in [2.45, 2.75) is 60.7 Å². The van der Waals surface area contributed by atoms with E-state index in [1.165, 1.54) is 26.4 Å². The molecule has 2 aliphatic carbocycles. The molecule has 3 N–H and O–H groups in total. The molecule has 2 spiro atoms. The van der Waals surface area contributed by atoms with Gasteiger partial charge in [-0.15, -0.1) is 0 Å². The third-order valence-corrected chi connectivity index (χ3v) is 14.3. The van der Waals surface area contributed by atoms with E-state index in [1.54, 1.807) is 72.8 Å². The molecule has 0 aromatic heterocycles. The van der Waals surface area contributed by atoms with E-state index in [-0.39, 0.29) is 51.0 Å². The molecule has 0 bridgehead atoms. The van der Waals surface area contributed by atoms with Crippen molar-refractivity contribution in [1.82, 2.24) is 9.80 Å². The van der Waals surface area contributed by atoms with Crippen LogP contribution in [0.15, 0.2) is 96.8 Å². The van der Waals surface area contributed by atoms with E-state index in [0.717, 1.165) is 6.08 Å². The Kier molecular flexibility index (Phi) is 8.32. The van der Waals surface area contributed by atoms with Crippen molar-refractivity contribution in [2.24, 2.45) is 11.8 Å². The number of aliphatic hydroxyl groups is 1. The number of phenolic OH excluding ortho intramolecular Hbond substituents is 2. The van der Waals surface area contributed by atoms with Gasteiger partial charge in [-0.3, -0.25) is 33.8 Å². The Balaban J connectivity index is 1.16. The van der Waals surface area contributed by atoms with Gasteiger partial charge in [-0.25, -0.2) is 0 Å². The molecule has 4 aromatic rings. The van der Waals surface area contributed by atoms with Crippen molar-refractivity contribution in [2.75, 3.05) is 27.3 Å². The highest BCUT2D eigenvalue weighted by Crippen LogP contribution is 2.61. The summed E-state index contributed by atoms with van der Waals surface area (Å²) in [5, 5.41) is 34.3. The SMILES string of the molecule is COc1ccc(C2C3CCCN3C3(C(=O)c4ccccc4C3=O)C2C(=O)/C=C(\O)C2C3CCCN3C3(C(=O)c4ccccc4C3=O)C2c2ccc(O)c(OC)c2)cc1O. The molecule has 4 aromatic carbocycles. The highest BCUT2D eigenvalue weighted by molar-refractivity contribution is 6.35. The lowest BCUT2D eigenvalue weighted by Gasteiger charge is -2.36.